The fraction of sp³-hybridized carbons (Fsp3) is 0.389. The number of amides is 3. The van der Waals surface area contributed by atoms with Gasteiger partial charge in [0.1, 0.15) is 31.3 Å². The van der Waals surface area contributed by atoms with Crippen molar-refractivity contribution < 1.29 is 28.7 Å². The zero-order valence-corrected chi connectivity index (χ0v) is 27.6. The highest BCUT2D eigenvalue weighted by atomic mass is 32.2. The topological polar surface area (TPSA) is 123 Å². The number of nitrogens with one attached hydrogen (secondary N) is 3. The van der Waals surface area contributed by atoms with Gasteiger partial charge in [-0.2, -0.15) is 11.8 Å². The summed E-state index contributed by atoms with van der Waals surface area (Å²) in [5.41, 5.74) is 5.26. The number of rotatable bonds is 15. The van der Waals surface area contributed by atoms with Crippen molar-refractivity contribution in [3.05, 3.63) is 95.6 Å². The van der Waals surface area contributed by atoms with Gasteiger partial charge >= 0.3 is 12.1 Å². The van der Waals surface area contributed by atoms with Crippen molar-refractivity contribution in [3.8, 4) is 11.1 Å². The maximum atomic E-state index is 13.3. The lowest BCUT2D eigenvalue weighted by Crippen LogP contribution is -2.55. The van der Waals surface area contributed by atoms with Crippen LogP contribution < -0.4 is 16.0 Å². The smallest absolute Gasteiger partial charge is 0.407 e. The summed E-state index contributed by atoms with van der Waals surface area (Å²) in [6, 6.07) is 22.7. The highest BCUT2D eigenvalue weighted by Crippen LogP contribution is 2.44. The van der Waals surface area contributed by atoms with Crippen molar-refractivity contribution in [1.82, 2.24) is 16.0 Å². The van der Waals surface area contributed by atoms with Crippen molar-refractivity contribution in [1.29, 1.82) is 0 Å². The number of esters is 1. The molecule has 10 heteroatoms. The zero-order valence-electron chi connectivity index (χ0n) is 26.8. The van der Waals surface area contributed by atoms with Crippen molar-refractivity contribution >= 4 is 35.6 Å². The molecule has 0 aliphatic heterocycles. The number of carbonyl (C=O) groups excluding carboxylic acids is 4. The monoisotopic (exact) mass is 645 g/mol. The molecule has 3 amide bonds. The van der Waals surface area contributed by atoms with Crippen LogP contribution in [0.3, 0.4) is 0 Å². The third kappa shape index (κ3) is 9.36. The van der Waals surface area contributed by atoms with E-state index >= 15 is 0 Å². The Kier molecular flexibility index (Phi) is 12.7. The molecule has 0 fully saturated rings. The molecule has 0 bridgehead atoms. The third-order valence-electron chi connectivity index (χ3n) is 7.85. The molecule has 1 aliphatic carbocycles. The van der Waals surface area contributed by atoms with Gasteiger partial charge in [-0.25, -0.2) is 9.59 Å². The summed E-state index contributed by atoms with van der Waals surface area (Å²) in [4.78, 5) is 52.2. The molecular formula is C36H43N3O6S. The molecule has 1 aliphatic rings. The quantitative estimate of drug-likeness (QED) is 0.189. The van der Waals surface area contributed by atoms with Gasteiger partial charge < -0.3 is 25.4 Å². The van der Waals surface area contributed by atoms with E-state index in [1.165, 1.54) is 18.7 Å². The van der Waals surface area contributed by atoms with E-state index < -0.39 is 42.0 Å². The lowest BCUT2D eigenvalue weighted by atomic mass is 9.98. The first-order chi connectivity index (χ1) is 22.2. The Labute approximate surface area is 275 Å². The molecule has 0 saturated carbocycles. The van der Waals surface area contributed by atoms with Crippen LogP contribution in [0.4, 0.5) is 4.79 Å². The van der Waals surface area contributed by atoms with E-state index in [0.717, 1.165) is 27.8 Å². The summed E-state index contributed by atoms with van der Waals surface area (Å²) >= 11 is 1.54. The summed E-state index contributed by atoms with van der Waals surface area (Å²) in [5, 5.41) is 8.12. The summed E-state index contributed by atoms with van der Waals surface area (Å²) < 4.78 is 11.1. The van der Waals surface area contributed by atoms with Gasteiger partial charge in [0.25, 0.3) is 0 Å². The lowest BCUT2D eigenvalue weighted by molar-refractivity contribution is -0.149. The standard InChI is InChI=1S/C36H43N3O6S/c1-23(2)20-32(35(42)44-21-25-12-6-5-7-13-25)38-33(40)24(3)37-34(41)31(18-19-46-4)39-36(43)45-22-30-28-16-10-8-14-26(28)27-15-9-11-17-29(27)30/h5-17,23-24,30-32H,18-22H2,1-4H3,(H,37,41)(H,38,40)(H,39,43)/t24-,31-,32-/m0/s1. The normalized spacial score (nSPS) is 13.9. The Morgan fingerprint density at radius 2 is 1.35 bits per heavy atom. The summed E-state index contributed by atoms with van der Waals surface area (Å²) in [6.45, 7) is 5.64. The number of ether oxygens (including phenoxy) is 2. The van der Waals surface area contributed by atoms with Gasteiger partial charge in [-0.1, -0.05) is 92.7 Å². The van der Waals surface area contributed by atoms with Crippen LogP contribution in [0.2, 0.25) is 0 Å². The predicted molar refractivity (Wildman–Crippen MR) is 180 cm³/mol. The third-order valence-corrected chi connectivity index (χ3v) is 8.49. The van der Waals surface area contributed by atoms with E-state index in [0.29, 0.717) is 18.6 Å². The minimum Gasteiger partial charge on any atom is -0.459 e. The fourth-order valence-corrected chi connectivity index (χ4v) is 5.95. The molecule has 244 valence electrons. The van der Waals surface area contributed by atoms with Crippen LogP contribution in [-0.4, -0.2) is 60.6 Å². The van der Waals surface area contributed by atoms with Crippen LogP contribution >= 0.6 is 11.8 Å². The molecule has 0 spiro atoms. The minimum absolute atomic E-state index is 0.0923. The molecule has 0 radical (unpaired) electrons. The van der Waals surface area contributed by atoms with Gasteiger partial charge in [0.2, 0.25) is 11.8 Å². The lowest BCUT2D eigenvalue weighted by Gasteiger charge is -2.24. The van der Waals surface area contributed by atoms with Gasteiger partial charge in [0.15, 0.2) is 0 Å². The maximum absolute atomic E-state index is 13.3. The number of hydrogen-bond acceptors (Lipinski definition) is 7. The summed E-state index contributed by atoms with van der Waals surface area (Å²) in [6.07, 6.45) is 1.91. The van der Waals surface area contributed by atoms with Crippen LogP contribution in [0.15, 0.2) is 78.9 Å². The Bertz CT molecular complexity index is 1450. The second-order valence-corrected chi connectivity index (χ2v) is 12.8. The van der Waals surface area contributed by atoms with Gasteiger partial charge in [-0.3, -0.25) is 9.59 Å². The van der Waals surface area contributed by atoms with Gasteiger partial charge in [0, 0.05) is 5.92 Å². The maximum Gasteiger partial charge on any atom is 0.407 e. The summed E-state index contributed by atoms with van der Waals surface area (Å²) in [5.74, 6) is -0.987. The van der Waals surface area contributed by atoms with E-state index in [-0.39, 0.29) is 25.0 Å². The average molecular weight is 646 g/mol. The van der Waals surface area contributed by atoms with Crippen LogP contribution in [0, 0.1) is 5.92 Å². The van der Waals surface area contributed by atoms with Gasteiger partial charge in [-0.05, 0) is 65.5 Å². The molecule has 0 unspecified atom stereocenters. The number of alkyl carbamates (subject to hydrolysis) is 1. The molecule has 9 nitrogen and oxygen atoms in total. The van der Waals surface area contributed by atoms with Crippen molar-refractivity contribution in [2.24, 2.45) is 5.92 Å². The molecule has 3 N–H and O–H groups in total. The van der Waals surface area contributed by atoms with E-state index in [1.807, 2.05) is 86.8 Å². The minimum atomic E-state index is -0.967. The van der Waals surface area contributed by atoms with E-state index in [9.17, 15) is 19.2 Å². The predicted octanol–water partition coefficient (Wildman–Crippen LogP) is 5.43. The average Bonchev–Trinajstić information content (AvgIpc) is 3.37. The van der Waals surface area contributed by atoms with Crippen molar-refractivity contribution in [3.63, 3.8) is 0 Å². The molecule has 46 heavy (non-hydrogen) atoms. The second kappa shape index (κ2) is 16.8. The first-order valence-electron chi connectivity index (χ1n) is 15.6. The summed E-state index contributed by atoms with van der Waals surface area (Å²) in [7, 11) is 0. The Morgan fingerprint density at radius 1 is 0.739 bits per heavy atom. The molecular weight excluding hydrogens is 602 g/mol. The van der Waals surface area contributed by atoms with E-state index in [2.05, 4.69) is 28.1 Å². The largest absolute Gasteiger partial charge is 0.459 e. The van der Waals surface area contributed by atoms with Crippen LogP contribution in [-0.2, 0) is 30.5 Å². The zero-order chi connectivity index (χ0) is 33.1. The Hall–Kier alpha value is -4.31. The van der Waals surface area contributed by atoms with Crippen molar-refractivity contribution in [2.75, 3.05) is 18.6 Å². The molecule has 3 aromatic carbocycles. The first-order valence-corrected chi connectivity index (χ1v) is 17.0. The number of hydrogen-bond donors (Lipinski definition) is 3. The van der Waals surface area contributed by atoms with Crippen molar-refractivity contribution in [2.45, 2.75) is 64.3 Å². The van der Waals surface area contributed by atoms with Gasteiger partial charge in [-0.15, -0.1) is 0 Å². The van der Waals surface area contributed by atoms with Crippen LogP contribution in [0.1, 0.15) is 56.2 Å². The highest BCUT2D eigenvalue weighted by molar-refractivity contribution is 7.98. The molecule has 3 atom stereocenters. The molecule has 0 saturated heterocycles. The molecule has 3 aromatic rings. The Balaban J connectivity index is 1.32. The number of benzene rings is 3. The number of fused-ring (bicyclic) bond motifs is 3. The molecule has 0 heterocycles. The SMILES string of the molecule is CSCC[C@H](NC(=O)OCC1c2ccccc2-c2ccccc21)C(=O)N[C@@H](C)C(=O)N[C@@H](CC(C)C)C(=O)OCc1ccccc1. The fourth-order valence-electron chi connectivity index (χ4n) is 5.48. The molecule has 0 aromatic heterocycles. The number of carbonyl (C=O) groups is 4. The van der Waals surface area contributed by atoms with Crippen LogP contribution in [0.5, 0.6) is 0 Å². The highest BCUT2D eigenvalue weighted by Gasteiger charge is 2.31. The Morgan fingerprint density at radius 3 is 1.96 bits per heavy atom. The van der Waals surface area contributed by atoms with Gasteiger partial charge in [0.05, 0.1) is 0 Å². The molecule has 4 rings (SSSR count). The first kappa shape index (κ1) is 34.6. The second-order valence-electron chi connectivity index (χ2n) is 11.8. The van der Waals surface area contributed by atoms with Crippen LogP contribution in [0.25, 0.3) is 11.1 Å². The van der Waals surface area contributed by atoms with E-state index in [1.54, 1.807) is 0 Å². The number of thioether (sulfide) groups is 1. The van der Waals surface area contributed by atoms with E-state index in [4.69, 9.17) is 9.47 Å².